The lowest BCUT2D eigenvalue weighted by molar-refractivity contribution is -0.145. The number of hydrogen-bond donors (Lipinski definition) is 2. The third kappa shape index (κ3) is 4.44. The van der Waals surface area contributed by atoms with E-state index in [1.54, 1.807) is 13.0 Å². The van der Waals surface area contributed by atoms with Crippen molar-refractivity contribution >= 4 is 5.97 Å². The van der Waals surface area contributed by atoms with Gasteiger partial charge >= 0.3 is 5.97 Å². The second-order valence-corrected chi connectivity index (χ2v) is 4.12. The molecule has 0 saturated carbocycles. The number of methoxy groups -OCH3 is 1. The molecule has 0 spiro atoms. The summed E-state index contributed by atoms with van der Waals surface area (Å²) in [5.74, 6) is 0.0359. The molecule has 0 saturated heterocycles. The summed E-state index contributed by atoms with van der Waals surface area (Å²) in [6, 6.07) is 5.53. The summed E-state index contributed by atoms with van der Waals surface area (Å²) in [4.78, 5) is 11.0. The monoisotopic (exact) mass is 267 g/mol. The van der Waals surface area contributed by atoms with Crippen LogP contribution in [0.2, 0.25) is 0 Å². The first kappa shape index (κ1) is 15.3. The number of benzene rings is 1. The van der Waals surface area contributed by atoms with Crippen molar-refractivity contribution in [2.45, 2.75) is 32.9 Å². The van der Waals surface area contributed by atoms with Crippen molar-refractivity contribution in [1.29, 1.82) is 0 Å². The van der Waals surface area contributed by atoms with E-state index in [1.165, 1.54) is 7.11 Å². The standard InChI is InChI=1S/C14H21NO4/c1-4-11(14(16)17)19-13-8-10(9-15-5-2)6-7-12(13)18-3/h6-8,11,15H,4-5,9H2,1-3H3,(H,16,17). The van der Waals surface area contributed by atoms with E-state index in [0.717, 1.165) is 12.1 Å². The fourth-order valence-corrected chi connectivity index (χ4v) is 1.65. The lowest BCUT2D eigenvalue weighted by Gasteiger charge is -2.16. The third-order valence-electron chi connectivity index (χ3n) is 2.72. The van der Waals surface area contributed by atoms with Gasteiger partial charge in [0.2, 0.25) is 0 Å². The average molecular weight is 267 g/mol. The highest BCUT2D eigenvalue weighted by molar-refractivity contribution is 5.72. The molecule has 0 heterocycles. The molecule has 0 fully saturated rings. The van der Waals surface area contributed by atoms with Gasteiger partial charge in [0.1, 0.15) is 0 Å². The molecule has 1 aromatic carbocycles. The van der Waals surface area contributed by atoms with Gasteiger partial charge in [0, 0.05) is 6.54 Å². The van der Waals surface area contributed by atoms with Gasteiger partial charge in [-0.05, 0) is 30.7 Å². The van der Waals surface area contributed by atoms with Crippen LogP contribution in [0.5, 0.6) is 11.5 Å². The number of ether oxygens (including phenoxy) is 2. The van der Waals surface area contributed by atoms with Gasteiger partial charge in [0.25, 0.3) is 0 Å². The molecule has 5 heteroatoms. The summed E-state index contributed by atoms with van der Waals surface area (Å²) in [7, 11) is 1.54. The Morgan fingerprint density at radius 2 is 2.11 bits per heavy atom. The van der Waals surface area contributed by atoms with Crippen LogP contribution in [0.4, 0.5) is 0 Å². The average Bonchev–Trinajstić information content (AvgIpc) is 2.42. The van der Waals surface area contributed by atoms with Gasteiger partial charge in [-0.25, -0.2) is 4.79 Å². The number of nitrogens with one attached hydrogen (secondary N) is 1. The van der Waals surface area contributed by atoms with Crippen LogP contribution in [0.25, 0.3) is 0 Å². The molecule has 2 N–H and O–H groups in total. The maximum atomic E-state index is 11.0. The number of aliphatic carboxylic acids is 1. The zero-order valence-corrected chi connectivity index (χ0v) is 11.6. The smallest absolute Gasteiger partial charge is 0.344 e. The van der Waals surface area contributed by atoms with Crippen LogP contribution in [0.15, 0.2) is 18.2 Å². The zero-order chi connectivity index (χ0) is 14.3. The number of carboxylic acid groups (broad SMARTS) is 1. The van der Waals surface area contributed by atoms with Crippen LogP contribution in [0, 0.1) is 0 Å². The molecule has 0 aromatic heterocycles. The Bertz CT molecular complexity index is 420. The molecular weight excluding hydrogens is 246 g/mol. The second-order valence-electron chi connectivity index (χ2n) is 4.12. The van der Waals surface area contributed by atoms with Crippen LogP contribution < -0.4 is 14.8 Å². The van der Waals surface area contributed by atoms with Crippen molar-refractivity contribution in [2.24, 2.45) is 0 Å². The first-order chi connectivity index (χ1) is 9.12. The lowest BCUT2D eigenvalue weighted by atomic mass is 10.2. The van der Waals surface area contributed by atoms with Gasteiger partial charge in [-0.2, -0.15) is 0 Å². The Morgan fingerprint density at radius 3 is 2.63 bits per heavy atom. The van der Waals surface area contributed by atoms with E-state index in [2.05, 4.69) is 5.32 Å². The summed E-state index contributed by atoms with van der Waals surface area (Å²) in [5.41, 5.74) is 1.03. The summed E-state index contributed by atoms with van der Waals surface area (Å²) < 4.78 is 10.7. The maximum absolute atomic E-state index is 11.0. The van der Waals surface area contributed by atoms with E-state index in [9.17, 15) is 4.79 Å². The Labute approximate surface area is 113 Å². The molecule has 0 aliphatic heterocycles. The highest BCUT2D eigenvalue weighted by Gasteiger charge is 2.19. The SMILES string of the molecule is CCNCc1ccc(OC)c(OC(CC)C(=O)O)c1. The Kier molecular flexibility index (Phi) is 6.15. The second kappa shape index (κ2) is 7.63. The molecule has 106 valence electrons. The molecule has 5 nitrogen and oxygen atoms in total. The first-order valence-corrected chi connectivity index (χ1v) is 6.39. The van der Waals surface area contributed by atoms with E-state index >= 15 is 0 Å². The fourth-order valence-electron chi connectivity index (χ4n) is 1.65. The zero-order valence-electron chi connectivity index (χ0n) is 11.6. The minimum Gasteiger partial charge on any atom is -0.493 e. The van der Waals surface area contributed by atoms with E-state index in [1.807, 2.05) is 19.1 Å². The van der Waals surface area contributed by atoms with Gasteiger partial charge in [0.05, 0.1) is 7.11 Å². The predicted octanol–water partition coefficient (Wildman–Crippen LogP) is 2.05. The molecule has 1 unspecified atom stereocenters. The van der Waals surface area contributed by atoms with Crippen molar-refractivity contribution in [3.05, 3.63) is 23.8 Å². The first-order valence-electron chi connectivity index (χ1n) is 6.39. The molecule has 0 aliphatic carbocycles. The van der Waals surface area contributed by atoms with Gasteiger partial charge in [-0.3, -0.25) is 0 Å². The minimum absolute atomic E-state index is 0.399. The number of carbonyl (C=O) groups is 1. The van der Waals surface area contributed by atoms with Gasteiger partial charge in [-0.15, -0.1) is 0 Å². The quantitative estimate of drug-likeness (QED) is 0.754. The van der Waals surface area contributed by atoms with Crippen molar-refractivity contribution in [2.75, 3.05) is 13.7 Å². The molecule has 0 bridgehead atoms. The van der Waals surface area contributed by atoms with E-state index < -0.39 is 12.1 Å². The minimum atomic E-state index is -0.971. The van der Waals surface area contributed by atoms with Crippen molar-refractivity contribution < 1.29 is 19.4 Å². The van der Waals surface area contributed by atoms with E-state index in [-0.39, 0.29) is 0 Å². The van der Waals surface area contributed by atoms with Gasteiger partial charge in [0.15, 0.2) is 17.6 Å². The van der Waals surface area contributed by atoms with Crippen LogP contribution in [-0.4, -0.2) is 30.8 Å². The molecule has 1 rings (SSSR count). The van der Waals surface area contributed by atoms with Crippen LogP contribution >= 0.6 is 0 Å². The molecule has 1 aromatic rings. The Hall–Kier alpha value is -1.75. The van der Waals surface area contributed by atoms with Crippen LogP contribution in [-0.2, 0) is 11.3 Å². The molecule has 0 radical (unpaired) electrons. The van der Waals surface area contributed by atoms with Crippen LogP contribution in [0.1, 0.15) is 25.8 Å². The van der Waals surface area contributed by atoms with Crippen molar-refractivity contribution in [3.63, 3.8) is 0 Å². The Morgan fingerprint density at radius 1 is 1.37 bits per heavy atom. The molecule has 0 aliphatic rings. The summed E-state index contributed by atoms with van der Waals surface area (Å²) in [6.07, 6.45) is -0.459. The molecule has 19 heavy (non-hydrogen) atoms. The van der Waals surface area contributed by atoms with E-state index in [4.69, 9.17) is 14.6 Å². The summed E-state index contributed by atoms with van der Waals surface area (Å²) in [5, 5.41) is 12.2. The van der Waals surface area contributed by atoms with Gasteiger partial charge in [-0.1, -0.05) is 19.9 Å². The maximum Gasteiger partial charge on any atom is 0.344 e. The van der Waals surface area contributed by atoms with Crippen LogP contribution in [0.3, 0.4) is 0 Å². The number of carboxylic acids is 1. The fraction of sp³-hybridized carbons (Fsp3) is 0.500. The highest BCUT2D eigenvalue weighted by Crippen LogP contribution is 2.29. The topological polar surface area (TPSA) is 67.8 Å². The Balaban J connectivity index is 2.91. The predicted molar refractivity (Wildman–Crippen MR) is 72.7 cm³/mol. The summed E-state index contributed by atoms with van der Waals surface area (Å²) in [6.45, 7) is 5.38. The molecule has 0 amide bonds. The summed E-state index contributed by atoms with van der Waals surface area (Å²) >= 11 is 0. The largest absolute Gasteiger partial charge is 0.493 e. The number of hydrogen-bond acceptors (Lipinski definition) is 4. The van der Waals surface area contributed by atoms with Gasteiger partial charge < -0.3 is 19.9 Å². The third-order valence-corrected chi connectivity index (χ3v) is 2.72. The normalized spacial score (nSPS) is 11.9. The molecular formula is C14H21NO4. The lowest BCUT2D eigenvalue weighted by Crippen LogP contribution is -2.26. The highest BCUT2D eigenvalue weighted by atomic mass is 16.5. The number of rotatable bonds is 8. The van der Waals surface area contributed by atoms with E-state index in [0.29, 0.717) is 24.5 Å². The molecule has 1 atom stereocenters. The van der Waals surface area contributed by atoms with Crippen molar-refractivity contribution in [3.8, 4) is 11.5 Å². The van der Waals surface area contributed by atoms with Crippen molar-refractivity contribution in [1.82, 2.24) is 5.32 Å².